The van der Waals surface area contributed by atoms with Crippen molar-refractivity contribution >= 4 is 12.0 Å². The number of alkyl halides is 3. The molecule has 0 heterocycles. The zero-order chi connectivity index (χ0) is 14.9. The summed E-state index contributed by atoms with van der Waals surface area (Å²) in [5, 5.41) is 1.87. The average molecular weight is 282 g/mol. The van der Waals surface area contributed by atoms with Crippen LogP contribution in [-0.2, 0) is 9.53 Å². The summed E-state index contributed by atoms with van der Waals surface area (Å²) < 4.78 is 40.9. The molecular weight excluding hydrogens is 265 g/mol. The maximum Gasteiger partial charge on any atom is 0.405 e. The number of nitrogens with one attached hydrogen (secondary N) is 1. The Kier molecular flexibility index (Phi) is 4.02. The van der Waals surface area contributed by atoms with Gasteiger partial charge in [0.1, 0.15) is 12.1 Å². The number of nitrogens with two attached hydrogens (primary N) is 1. The van der Waals surface area contributed by atoms with Crippen LogP contribution in [0.4, 0.5) is 18.0 Å². The van der Waals surface area contributed by atoms with E-state index in [1.807, 2.05) is 5.32 Å². The lowest BCUT2D eigenvalue weighted by molar-refractivity contribution is -0.143. The van der Waals surface area contributed by atoms with E-state index in [2.05, 4.69) is 0 Å². The molecule has 0 aromatic heterocycles. The van der Waals surface area contributed by atoms with E-state index in [1.54, 1.807) is 13.8 Å². The zero-order valence-corrected chi connectivity index (χ0v) is 10.8. The third-order valence-corrected chi connectivity index (χ3v) is 2.93. The molecule has 1 aliphatic carbocycles. The van der Waals surface area contributed by atoms with Gasteiger partial charge < -0.3 is 15.8 Å². The van der Waals surface area contributed by atoms with E-state index in [0.29, 0.717) is 12.8 Å². The Labute approximate surface area is 108 Å². The van der Waals surface area contributed by atoms with Gasteiger partial charge in [0.05, 0.1) is 5.41 Å². The molecular formula is C11H17F3N2O3. The second-order valence-electron chi connectivity index (χ2n) is 5.44. The summed E-state index contributed by atoms with van der Waals surface area (Å²) in [6.45, 7) is 1.77. The highest BCUT2D eigenvalue weighted by atomic mass is 19.4. The molecule has 0 aromatic carbocycles. The van der Waals surface area contributed by atoms with Crippen molar-refractivity contribution < 1.29 is 27.5 Å². The van der Waals surface area contributed by atoms with Crippen molar-refractivity contribution in [3.8, 4) is 0 Å². The highest BCUT2D eigenvalue weighted by molar-refractivity contribution is 5.85. The molecule has 0 aromatic rings. The monoisotopic (exact) mass is 282 g/mol. The first-order valence-electron chi connectivity index (χ1n) is 5.79. The quantitative estimate of drug-likeness (QED) is 0.805. The van der Waals surface area contributed by atoms with Gasteiger partial charge in [0.2, 0.25) is 5.91 Å². The van der Waals surface area contributed by atoms with E-state index in [0.717, 1.165) is 0 Å². The fraction of sp³-hybridized carbons (Fsp3) is 0.818. The highest BCUT2D eigenvalue weighted by Gasteiger charge is 2.53. The van der Waals surface area contributed by atoms with E-state index in [9.17, 15) is 22.8 Å². The normalized spacial score (nSPS) is 17.7. The maximum atomic E-state index is 12.0. The van der Waals surface area contributed by atoms with Crippen LogP contribution in [0, 0.1) is 5.41 Å². The molecule has 19 heavy (non-hydrogen) atoms. The Morgan fingerprint density at radius 2 is 1.84 bits per heavy atom. The van der Waals surface area contributed by atoms with Crippen LogP contribution in [0.3, 0.4) is 0 Å². The summed E-state index contributed by atoms with van der Waals surface area (Å²) >= 11 is 0. The zero-order valence-electron chi connectivity index (χ0n) is 10.8. The van der Waals surface area contributed by atoms with Crippen LogP contribution in [-0.4, -0.2) is 30.3 Å². The SMILES string of the molecule is CC(C)(CC1(C(=O)NCC(F)(F)F)CC1)OC(N)=O. The van der Waals surface area contributed by atoms with Gasteiger partial charge in [0.15, 0.2) is 0 Å². The molecule has 1 saturated carbocycles. The molecule has 0 radical (unpaired) electrons. The van der Waals surface area contributed by atoms with Crippen LogP contribution in [0.25, 0.3) is 0 Å². The number of ether oxygens (including phenoxy) is 1. The van der Waals surface area contributed by atoms with E-state index >= 15 is 0 Å². The minimum atomic E-state index is -4.44. The largest absolute Gasteiger partial charge is 0.444 e. The Morgan fingerprint density at radius 1 is 1.32 bits per heavy atom. The number of carbonyl (C=O) groups is 2. The maximum absolute atomic E-state index is 12.0. The van der Waals surface area contributed by atoms with Crippen LogP contribution >= 0.6 is 0 Å². The number of carbonyl (C=O) groups excluding carboxylic acids is 2. The van der Waals surface area contributed by atoms with Crippen molar-refractivity contribution in [3.05, 3.63) is 0 Å². The Hall–Kier alpha value is -1.47. The fourth-order valence-corrected chi connectivity index (χ4v) is 2.13. The molecule has 0 aliphatic heterocycles. The molecule has 0 atom stereocenters. The molecule has 0 bridgehead atoms. The minimum absolute atomic E-state index is 0.145. The third-order valence-electron chi connectivity index (χ3n) is 2.93. The number of hydrogen-bond acceptors (Lipinski definition) is 3. The van der Waals surface area contributed by atoms with Gasteiger partial charge >= 0.3 is 12.3 Å². The van der Waals surface area contributed by atoms with E-state index in [4.69, 9.17) is 10.5 Å². The molecule has 110 valence electrons. The van der Waals surface area contributed by atoms with Crippen LogP contribution in [0.1, 0.15) is 33.1 Å². The molecule has 0 unspecified atom stereocenters. The molecule has 2 amide bonds. The average Bonchev–Trinajstić information content (AvgIpc) is 2.90. The summed E-state index contributed by atoms with van der Waals surface area (Å²) in [4.78, 5) is 22.5. The minimum Gasteiger partial charge on any atom is -0.444 e. The fourth-order valence-electron chi connectivity index (χ4n) is 2.13. The summed E-state index contributed by atoms with van der Waals surface area (Å²) in [6, 6.07) is 0. The van der Waals surface area contributed by atoms with E-state index in [-0.39, 0.29) is 6.42 Å². The van der Waals surface area contributed by atoms with E-state index < -0.39 is 35.7 Å². The summed E-state index contributed by atoms with van der Waals surface area (Å²) in [5.74, 6) is -0.661. The molecule has 1 aliphatic rings. The Bertz CT molecular complexity index is 376. The number of amides is 2. The van der Waals surface area contributed by atoms with Crippen LogP contribution in [0.2, 0.25) is 0 Å². The van der Waals surface area contributed by atoms with E-state index in [1.165, 1.54) is 0 Å². The molecule has 3 N–H and O–H groups in total. The first kappa shape index (κ1) is 15.6. The highest BCUT2D eigenvalue weighted by Crippen LogP contribution is 2.52. The van der Waals surface area contributed by atoms with Gasteiger partial charge in [-0.05, 0) is 26.7 Å². The lowest BCUT2D eigenvalue weighted by Crippen LogP contribution is -2.42. The lowest BCUT2D eigenvalue weighted by Gasteiger charge is -2.28. The van der Waals surface area contributed by atoms with Crippen molar-refractivity contribution in [2.75, 3.05) is 6.54 Å². The molecule has 1 rings (SSSR count). The first-order valence-corrected chi connectivity index (χ1v) is 5.79. The van der Waals surface area contributed by atoms with Crippen molar-refractivity contribution in [1.82, 2.24) is 5.32 Å². The number of hydrogen-bond donors (Lipinski definition) is 2. The van der Waals surface area contributed by atoms with Gasteiger partial charge in [0, 0.05) is 6.42 Å². The second-order valence-corrected chi connectivity index (χ2v) is 5.44. The number of primary amides is 1. The van der Waals surface area contributed by atoms with Crippen LogP contribution in [0.15, 0.2) is 0 Å². The summed E-state index contributed by atoms with van der Waals surface area (Å²) in [6.07, 6.45) is -4.32. The van der Waals surface area contributed by atoms with Crippen molar-refractivity contribution in [3.63, 3.8) is 0 Å². The van der Waals surface area contributed by atoms with Crippen molar-refractivity contribution in [1.29, 1.82) is 0 Å². The Morgan fingerprint density at radius 3 is 2.21 bits per heavy atom. The van der Waals surface area contributed by atoms with Gasteiger partial charge in [-0.25, -0.2) is 4.79 Å². The van der Waals surface area contributed by atoms with Gasteiger partial charge in [-0.3, -0.25) is 4.79 Å². The van der Waals surface area contributed by atoms with Crippen LogP contribution in [0.5, 0.6) is 0 Å². The topological polar surface area (TPSA) is 81.4 Å². The molecule has 0 spiro atoms. The van der Waals surface area contributed by atoms with Crippen molar-refractivity contribution in [2.45, 2.75) is 44.9 Å². The third kappa shape index (κ3) is 4.96. The van der Waals surface area contributed by atoms with Gasteiger partial charge in [-0.15, -0.1) is 0 Å². The first-order chi connectivity index (χ1) is 8.46. The predicted molar refractivity (Wildman–Crippen MR) is 60.1 cm³/mol. The second kappa shape index (κ2) is 4.90. The van der Waals surface area contributed by atoms with Gasteiger partial charge in [-0.2, -0.15) is 13.2 Å². The predicted octanol–water partition coefficient (Wildman–Crippen LogP) is 1.71. The van der Waals surface area contributed by atoms with Gasteiger partial charge in [-0.1, -0.05) is 0 Å². The smallest absolute Gasteiger partial charge is 0.405 e. The molecule has 5 nitrogen and oxygen atoms in total. The summed E-state index contributed by atoms with van der Waals surface area (Å²) in [7, 11) is 0. The molecule has 0 saturated heterocycles. The van der Waals surface area contributed by atoms with Crippen LogP contribution < -0.4 is 11.1 Å². The number of rotatable bonds is 5. The lowest BCUT2D eigenvalue weighted by atomic mass is 9.90. The standard InChI is InChI=1S/C11H17F3N2O3/c1-9(2,19-8(15)18)5-10(3-4-10)7(17)16-6-11(12,13)14/h3-6H2,1-2H3,(H2,15,18)(H,16,17). The van der Waals surface area contributed by atoms with Gasteiger partial charge in [0.25, 0.3) is 0 Å². The van der Waals surface area contributed by atoms with Crippen molar-refractivity contribution in [2.24, 2.45) is 11.1 Å². The number of halogens is 3. The summed E-state index contributed by atoms with van der Waals surface area (Å²) in [5.41, 5.74) is 3.03. The molecule has 1 fully saturated rings. The Balaban J connectivity index is 2.57. The molecule has 8 heteroatoms.